The largest absolute Gasteiger partial charge is 0.444 e. The van der Waals surface area contributed by atoms with Crippen molar-refractivity contribution in [2.75, 3.05) is 13.1 Å². The van der Waals surface area contributed by atoms with E-state index in [1.165, 1.54) is 12.1 Å². The molecule has 0 aliphatic heterocycles. The molecule has 11 heteroatoms. The number of hydrogen-bond acceptors (Lipinski definition) is 4. The van der Waals surface area contributed by atoms with E-state index in [-0.39, 0.29) is 19.0 Å². The van der Waals surface area contributed by atoms with Crippen molar-refractivity contribution in [3.8, 4) is 5.69 Å². The van der Waals surface area contributed by atoms with E-state index in [1.807, 2.05) is 0 Å². The molecule has 190 valence electrons. The zero-order valence-corrected chi connectivity index (χ0v) is 20.2. The van der Waals surface area contributed by atoms with Crippen molar-refractivity contribution in [3.05, 3.63) is 59.8 Å². The van der Waals surface area contributed by atoms with Gasteiger partial charge in [0.2, 0.25) is 0 Å². The van der Waals surface area contributed by atoms with Gasteiger partial charge in [-0.25, -0.2) is 4.79 Å². The van der Waals surface area contributed by atoms with Crippen LogP contribution in [-0.2, 0) is 18.0 Å². The minimum Gasteiger partial charge on any atom is -0.444 e. The van der Waals surface area contributed by atoms with Gasteiger partial charge in [-0.3, -0.25) is 14.0 Å². The summed E-state index contributed by atoms with van der Waals surface area (Å²) in [6, 6.07) is 9.95. The Morgan fingerprint density at radius 1 is 0.972 bits per heavy atom. The molecule has 0 fully saturated rings. The second-order valence-electron chi connectivity index (χ2n) is 9.34. The Morgan fingerprint density at radius 3 is 2.28 bits per heavy atom. The van der Waals surface area contributed by atoms with E-state index >= 15 is 0 Å². The van der Waals surface area contributed by atoms with E-state index in [1.54, 1.807) is 61.5 Å². The van der Waals surface area contributed by atoms with Crippen LogP contribution < -0.4 is 10.6 Å². The average molecular weight is 502 g/mol. The molecule has 0 radical (unpaired) electrons. The predicted molar refractivity (Wildman–Crippen MR) is 129 cm³/mol. The number of carbonyl (C=O) groups is 2. The summed E-state index contributed by atoms with van der Waals surface area (Å²) in [5.41, 5.74) is 0.835. The number of nitrogens with zero attached hydrogens (tertiary/aromatic N) is 3. The maximum Gasteiger partial charge on any atom is 0.416 e. The predicted octanol–water partition coefficient (Wildman–Crippen LogP) is 4.79. The van der Waals surface area contributed by atoms with Crippen LogP contribution in [0.5, 0.6) is 0 Å². The lowest BCUT2D eigenvalue weighted by atomic mass is 10.1. The summed E-state index contributed by atoms with van der Waals surface area (Å²) in [6.45, 7) is 5.67. The lowest BCUT2D eigenvalue weighted by molar-refractivity contribution is -0.137. The van der Waals surface area contributed by atoms with Crippen LogP contribution in [0, 0.1) is 0 Å². The Kier molecular flexibility index (Phi) is 6.42. The van der Waals surface area contributed by atoms with Crippen molar-refractivity contribution < 1.29 is 27.5 Å². The molecule has 2 N–H and O–H groups in total. The van der Waals surface area contributed by atoms with Crippen LogP contribution in [-0.4, -0.2) is 45.0 Å². The van der Waals surface area contributed by atoms with Crippen molar-refractivity contribution in [2.45, 2.75) is 32.5 Å². The van der Waals surface area contributed by atoms with Gasteiger partial charge in [-0.05, 0) is 63.2 Å². The van der Waals surface area contributed by atoms with Gasteiger partial charge >= 0.3 is 12.3 Å². The van der Waals surface area contributed by atoms with Gasteiger partial charge in [0.05, 0.1) is 11.1 Å². The molecule has 2 aromatic carbocycles. The molecule has 0 atom stereocenters. The van der Waals surface area contributed by atoms with Gasteiger partial charge in [0.1, 0.15) is 5.60 Å². The van der Waals surface area contributed by atoms with Gasteiger partial charge in [0.25, 0.3) is 5.91 Å². The number of carbonyl (C=O) groups excluding carboxylic acids is 2. The van der Waals surface area contributed by atoms with E-state index < -0.39 is 23.4 Å². The molecule has 8 nitrogen and oxygen atoms in total. The van der Waals surface area contributed by atoms with E-state index in [2.05, 4.69) is 15.7 Å². The molecule has 0 aliphatic rings. The van der Waals surface area contributed by atoms with Gasteiger partial charge in [0.15, 0.2) is 5.65 Å². The summed E-state index contributed by atoms with van der Waals surface area (Å²) < 4.78 is 47.6. The van der Waals surface area contributed by atoms with Crippen LogP contribution in [0.1, 0.15) is 36.7 Å². The average Bonchev–Trinajstić information content (AvgIpc) is 3.29. The van der Waals surface area contributed by atoms with E-state index in [0.29, 0.717) is 22.4 Å². The standard InChI is InChI=1S/C25H26F3N5O3/c1-24(2,3)36-23(35)30-12-11-29-22(34)15-5-10-20-18(13-15)19-14-32(4)31-21(19)33(20)17-8-6-16(7-9-17)25(26,27)28/h5-10,13-14H,11-12H2,1-4H3,(H,29,34)(H,30,35). The van der Waals surface area contributed by atoms with Crippen LogP contribution in [0.3, 0.4) is 0 Å². The molecule has 2 aromatic heterocycles. The molecule has 0 bridgehead atoms. The number of nitrogens with one attached hydrogen (secondary N) is 2. The minimum atomic E-state index is -4.43. The highest BCUT2D eigenvalue weighted by molar-refractivity contribution is 6.10. The normalized spacial score (nSPS) is 12.2. The molecule has 4 rings (SSSR count). The smallest absolute Gasteiger partial charge is 0.416 e. The summed E-state index contributed by atoms with van der Waals surface area (Å²) in [4.78, 5) is 24.4. The number of halogens is 3. The first-order valence-electron chi connectivity index (χ1n) is 11.2. The molecular weight excluding hydrogens is 475 g/mol. The van der Waals surface area contributed by atoms with Crippen LogP contribution in [0.15, 0.2) is 48.7 Å². The Morgan fingerprint density at radius 2 is 1.64 bits per heavy atom. The highest BCUT2D eigenvalue weighted by atomic mass is 19.4. The Balaban J connectivity index is 1.57. The summed E-state index contributed by atoms with van der Waals surface area (Å²) in [5, 5.41) is 11.3. The van der Waals surface area contributed by atoms with Crippen LogP contribution in [0.2, 0.25) is 0 Å². The minimum absolute atomic E-state index is 0.194. The zero-order valence-electron chi connectivity index (χ0n) is 20.2. The third-order valence-electron chi connectivity index (χ3n) is 5.34. The number of aromatic nitrogens is 3. The molecular formula is C25H26F3N5O3. The number of alkyl halides is 3. The summed E-state index contributed by atoms with van der Waals surface area (Å²) in [7, 11) is 1.75. The van der Waals surface area contributed by atoms with Gasteiger partial charge in [-0.15, -0.1) is 0 Å². The number of benzene rings is 2. The van der Waals surface area contributed by atoms with E-state index in [4.69, 9.17) is 4.74 Å². The molecule has 4 aromatic rings. The summed E-state index contributed by atoms with van der Waals surface area (Å²) in [6.07, 6.45) is -3.20. The molecule has 0 aliphatic carbocycles. The van der Waals surface area contributed by atoms with Crippen LogP contribution >= 0.6 is 0 Å². The van der Waals surface area contributed by atoms with Crippen LogP contribution in [0.25, 0.3) is 27.6 Å². The number of hydrogen-bond donors (Lipinski definition) is 2. The first-order chi connectivity index (χ1) is 16.8. The fourth-order valence-corrected chi connectivity index (χ4v) is 3.85. The Hall–Kier alpha value is -4.02. The number of alkyl carbamates (subject to hydrolysis) is 1. The lowest BCUT2D eigenvalue weighted by Crippen LogP contribution is -2.37. The van der Waals surface area contributed by atoms with Gasteiger partial charge in [-0.2, -0.15) is 18.3 Å². The van der Waals surface area contributed by atoms with Crippen molar-refractivity contribution >= 4 is 33.9 Å². The zero-order chi connectivity index (χ0) is 26.3. The highest BCUT2D eigenvalue weighted by Gasteiger charge is 2.30. The monoisotopic (exact) mass is 501 g/mol. The number of rotatable bonds is 5. The lowest BCUT2D eigenvalue weighted by Gasteiger charge is -2.19. The van der Waals surface area contributed by atoms with Crippen LogP contribution in [0.4, 0.5) is 18.0 Å². The quantitative estimate of drug-likeness (QED) is 0.385. The molecule has 0 spiro atoms. The maximum atomic E-state index is 13.0. The summed E-state index contributed by atoms with van der Waals surface area (Å²) in [5.74, 6) is -0.331. The number of aryl methyl sites for hydroxylation is 1. The molecule has 0 saturated carbocycles. The molecule has 2 amide bonds. The van der Waals surface area contributed by atoms with Crippen molar-refractivity contribution in [2.24, 2.45) is 7.05 Å². The van der Waals surface area contributed by atoms with E-state index in [9.17, 15) is 22.8 Å². The van der Waals surface area contributed by atoms with Crippen molar-refractivity contribution in [1.29, 1.82) is 0 Å². The van der Waals surface area contributed by atoms with Gasteiger partial charge in [-0.1, -0.05) is 0 Å². The number of fused-ring (bicyclic) bond motifs is 3. The first-order valence-corrected chi connectivity index (χ1v) is 11.2. The van der Waals surface area contributed by atoms with Crippen molar-refractivity contribution in [1.82, 2.24) is 25.0 Å². The fraction of sp³-hybridized carbons (Fsp3) is 0.320. The van der Waals surface area contributed by atoms with Gasteiger partial charge in [0, 0.05) is 48.4 Å². The molecule has 0 saturated heterocycles. The first kappa shape index (κ1) is 25.1. The Bertz CT molecular complexity index is 1430. The van der Waals surface area contributed by atoms with Gasteiger partial charge < -0.3 is 15.4 Å². The second-order valence-corrected chi connectivity index (χ2v) is 9.34. The number of ether oxygens (including phenoxy) is 1. The summed E-state index contributed by atoms with van der Waals surface area (Å²) >= 11 is 0. The van der Waals surface area contributed by atoms with E-state index in [0.717, 1.165) is 22.9 Å². The maximum absolute atomic E-state index is 13.0. The third-order valence-corrected chi connectivity index (χ3v) is 5.34. The van der Waals surface area contributed by atoms with Crippen molar-refractivity contribution in [3.63, 3.8) is 0 Å². The molecule has 36 heavy (non-hydrogen) atoms. The SMILES string of the molecule is Cn1cc2c3cc(C(=O)NCCNC(=O)OC(C)(C)C)ccc3n(-c3ccc(C(F)(F)F)cc3)c2n1. The fourth-order valence-electron chi connectivity index (χ4n) is 3.85. The molecule has 2 heterocycles. The molecule has 0 unspecified atom stereocenters. The Labute approximate surface area is 205 Å². The third kappa shape index (κ3) is 5.29. The topological polar surface area (TPSA) is 90.2 Å². The number of amides is 2. The second kappa shape index (κ2) is 9.21. The highest BCUT2D eigenvalue weighted by Crippen LogP contribution is 2.34.